The lowest BCUT2D eigenvalue weighted by Gasteiger charge is -2.03. The summed E-state index contributed by atoms with van der Waals surface area (Å²) in [6, 6.07) is 1.33. The molecule has 0 saturated carbocycles. The molecule has 0 bridgehead atoms. The molecule has 1 aromatic rings. The van der Waals surface area contributed by atoms with Crippen LogP contribution in [0.1, 0.15) is 17.3 Å². The number of hydrogen-bond donors (Lipinski definition) is 1. The zero-order valence-electron chi connectivity index (χ0n) is 8.97. The van der Waals surface area contributed by atoms with Crippen LogP contribution in [0.15, 0.2) is 17.3 Å². The molecule has 0 unspecified atom stereocenters. The Hall–Kier alpha value is -1.27. The van der Waals surface area contributed by atoms with Crippen LogP contribution in [-0.4, -0.2) is 34.4 Å². The normalized spacial score (nSPS) is 10.0. The number of pyridine rings is 1. The lowest BCUT2D eigenvalue weighted by Crippen LogP contribution is -2.07. The molecule has 1 aromatic heterocycles. The average molecular weight is 276 g/mol. The number of hydrogen-bond acceptors (Lipinski definition) is 5. The molecule has 0 aliphatic heterocycles. The van der Waals surface area contributed by atoms with Crippen LogP contribution in [0.2, 0.25) is 5.02 Å². The molecule has 0 radical (unpaired) electrons. The van der Waals surface area contributed by atoms with Gasteiger partial charge >= 0.3 is 11.9 Å². The quantitative estimate of drug-likeness (QED) is 0.655. The number of carboxylic acids is 1. The summed E-state index contributed by atoms with van der Waals surface area (Å²) in [6.45, 7) is 2.03. The van der Waals surface area contributed by atoms with Gasteiger partial charge in [0.05, 0.1) is 28.0 Å². The van der Waals surface area contributed by atoms with Crippen molar-refractivity contribution in [2.24, 2.45) is 0 Å². The molecule has 7 heteroatoms. The Bertz CT molecular complexity index is 438. The molecule has 17 heavy (non-hydrogen) atoms. The Kier molecular flexibility index (Phi) is 5.24. The Labute approximate surface area is 107 Å². The third-order valence-corrected chi connectivity index (χ3v) is 2.90. The first-order valence-corrected chi connectivity index (χ1v) is 6.08. The van der Waals surface area contributed by atoms with Gasteiger partial charge in [-0.2, -0.15) is 0 Å². The Morgan fingerprint density at radius 1 is 1.59 bits per heavy atom. The van der Waals surface area contributed by atoms with Gasteiger partial charge in [-0.1, -0.05) is 23.4 Å². The van der Waals surface area contributed by atoms with Crippen molar-refractivity contribution in [3.05, 3.63) is 22.8 Å². The number of carbonyl (C=O) groups is 2. The van der Waals surface area contributed by atoms with Crippen molar-refractivity contribution in [2.75, 3.05) is 12.4 Å². The molecule has 0 saturated heterocycles. The van der Waals surface area contributed by atoms with Gasteiger partial charge in [0.25, 0.3) is 0 Å². The van der Waals surface area contributed by atoms with E-state index in [4.69, 9.17) is 21.4 Å². The van der Waals surface area contributed by atoms with Crippen LogP contribution in [-0.2, 0) is 9.53 Å². The van der Waals surface area contributed by atoms with Gasteiger partial charge in [0.2, 0.25) is 0 Å². The van der Waals surface area contributed by atoms with Crippen LogP contribution in [0, 0.1) is 0 Å². The standard InChI is InChI=1S/C10H10ClNO4S/c1-2-16-9(13)5-17-8-3-6(10(14)15)7(11)4-12-8/h3-4H,2,5H2,1H3,(H,14,15). The van der Waals surface area contributed by atoms with E-state index in [1.807, 2.05) is 0 Å². The highest BCUT2D eigenvalue weighted by atomic mass is 35.5. The molecule has 0 fully saturated rings. The molecule has 92 valence electrons. The number of aromatic carboxylic acids is 1. The van der Waals surface area contributed by atoms with Crippen LogP contribution < -0.4 is 0 Å². The molecule has 0 atom stereocenters. The second kappa shape index (κ2) is 6.46. The number of nitrogens with zero attached hydrogens (tertiary/aromatic N) is 1. The predicted molar refractivity (Wildman–Crippen MR) is 63.6 cm³/mol. The van der Waals surface area contributed by atoms with Gasteiger partial charge in [0, 0.05) is 6.20 Å². The summed E-state index contributed by atoms with van der Waals surface area (Å²) < 4.78 is 4.74. The van der Waals surface area contributed by atoms with Crippen molar-refractivity contribution in [1.29, 1.82) is 0 Å². The number of carbonyl (C=O) groups excluding carboxylic acids is 1. The Morgan fingerprint density at radius 2 is 2.29 bits per heavy atom. The summed E-state index contributed by atoms with van der Waals surface area (Å²) in [7, 11) is 0. The van der Waals surface area contributed by atoms with Crippen LogP contribution in [0.3, 0.4) is 0 Å². The van der Waals surface area contributed by atoms with Gasteiger partial charge in [-0.3, -0.25) is 4.79 Å². The number of halogens is 1. The van der Waals surface area contributed by atoms with E-state index in [0.29, 0.717) is 11.6 Å². The fourth-order valence-electron chi connectivity index (χ4n) is 0.998. The first-order chi connectivity index (χ1) is 8.04. The van der Waals surface area contributed by atoms with Crippen LogP contribution in [0.4, 0.5) is 0 Å². The van der Waals surface area contributed by atoms with E-state index in [0.717, 1.165) is 11.8 Å². The van der Waals surface area contributed by atoms with E-state index in [1.165, 1.54) is 12.3 Å². The number of carboxylic acid groups (broad SMARTS) is 1. The van der Waals surface area contributed by atoms with E-state index in [2.05, 4.69) is 4.98 Å². The third kappa shape index (κ3) is 4.24. The minimum Gasteiger partial charge on any atom is -0.478 e. The molecule has 0 aliphatic carbocycles. The van der Waals surface area contributed by atoms with Gasteiger partial charge in [0.15, 0.2) is 0 Å². The van der Waals surface area contributed by atoms with Gasteiger partial charge in [-0.15, -0.1) is 0 Å². The van der Waals surface area contributed by atoms with Gasteiger partial charge in [0.1, 0.15) is 0 Å². The van der Waals surface area contributed by atoms with Crippen LogP contribution >= 0.6 is 23.4 Å². The summed E-state index contributed by atoms with van der Waals surface area (Å²) >= 11 is 6.76. The molecule has 0 spiro atoms. The zero-order chi connectivity index (χ0) is 12.8. The second-order valence-electron chi connectivity index (χ2n) is 2.90. The monoisotopic (exact) mass is 275 g/mol. The van der Waals surface area contributed by atoms with Crippen molar-refractivity contribution >= 4 is 35.3 Å². The van der Waals surface area contributed by atoms with Crippen LogP contribution in [0.25, 0.3) is 0 Å². The third-order valence-electron chi connectivity index (χ3n) is 1.70. The maximum atomic E-state index is 11.1. The van der Waals surface area contributed by atoms with Gasteiger partial charge in [-0.05, 0) is 13.0 Å². The molecular formula is C10H10ClNO4S. The summed E-state index contributed by atoms with van der Waals surface area (Å²) in [5.74, 6) is -1.41. The van der Waals surface area contributed by atoms with Crippen molar-refractivity contribution in [3.63, 3.8) is 0 Å². The lowest BCUT2D eigenvalue weighted by molar-refractivity contribution is -0.139. The molecule has 0 aliphatic rings. The van der Waals surface area contributed by atoms with E-state index >= 15 is 0 Å². The van der Waals surface area contributed by atoms with Gasteiger partial charge < -0.3 is 9.84 Å². The topological polar surface area (TPSA) is 76.5 Å². The summed E-state index contributed by atoms with van der Waals surface area (Å²) in [4.78, 5) is 25.8. The highest BCUT2D eigenvalue weighted by molar-refractivity contribution is 7.99. The second-order valence-corrected chi connectivity index (χ2v) is 4.30. The lowest BCUT2D eigenvalue weighted by atomic mass is 10.3. The molecule has 5 nitrogen and oxygen atoms in total. The van der Waals surface area contributed by atoms with E-state index in [-0.39, 0.29) is 22.3 Å². The SMILES string of the molecule is CCOC(=O)CSc1cc(C(=O)O)c(Cl)cn1. The smallest absolute Gasteiger partial charge is 0.337 e. The Balaban J connectivity index is 2.69. The number of aromatic nitrogens is 1. The zero-order valence-corrected chi connectivity index (χ0v) is 10.5. The van der Waals surface area contributed by atoms with Crippen molar-refractivity contribution < 1.29 is 19.4 Å². The van der Waals surface area contributed by atoms with Crippen molar-refractivity contribution in [2.45, 2.75) is 11.9 Å². The molecule has 0 aromatic carbocycles. The highest BCUT2D eigenvalue weighted by Crippen LogP contribution is 2.22. The summed E-state index contributed by atoms with van der Waals surface area (Å²) in [5, 5.41) is 9.32. The molecular weight excluding hydrogens is 266 g/mol. The Morgan fingerprint density at radius 3 is 2.88 bits per heavy atom. The first kappa shape index (κ1) is 13.8. The van der Waals surface area contributed by atoms with Gasteiger partial charge in [-0.25, -0.2) is 9.78 Å². The minimum atomic E-state index is -1.13. The molecule has 0 amide bonds. The fraction of sp³-hybridized carbons (Fsp3) is 0.300. The maximum absolute atomic E-state index is 11.1. The number of esters is 1. The largest absolute Gasteiger partial charge is 0.478 e. The number of thioether (sulfide) groups is 1. The van der Waals surface area contributed by atoms with E-state index in [9.17, 15) is 9.59 Å². The predicted octanol–water partition coefficient (Wildman–Crippen LogP) is 2.09. The minimum absolute atomic E-state index is 0.0342. The van der Waals surface area contributed by atoms with Crippen molar-refractivity contribution in [1.82, 2.24) is 4.98 Å². The van der Waals surface area contributed by atoms with Crippen molar-refractivity contribution in [3.8, 4) is 0 Å². The molecule has 1 heterocycles. The van der Waals surface area contributed by atoms with E-state index in [1.54, 1.807) is 6.92 Å². The first-order valence-electron chi connectivity index (χ1n) is 4.71. The average Bonchev–Trinajstić information content (AvgIpc) is 2.28. The number of ether oxygens (including phenoxy) is 1. The van der Waals surface area contributed by atoms with Crippen LogP contribution in [0.5, 0.6) is 0 Å². The highest BCUT2D eigenvalue weighted by Gasteiger charge is 2.11. The summed E-state index contributed by atoms with van der Waals surface area (Å²) in [5.41, 5.74) is -0.0342. The molecule has 1 rings (SSSR count). The van der Waals surface area contributed by atoms with E-state index < -0.39 is 5.97 Å². The maximum Gasteiger partial charge on any atom is 0.337 e. The number of rotatable bonds is 5. The summed E-state index contributed by atoms with van der Waals surface area (Å²) in [6.07, 6.45) is 1.25. The fourth-order valence-corrected chi connectivity index (χ4v) is 1.86. The molecule has 1 N–H and O–H groups in total.